The molecule has 28 heavy (non-hydrogen) atoms. The Morgan fingerprint density at radius 3 is 2.39 bits per heavy atom. The molecule has 0 atom stereocenters. The Morgan fingerprint density at radius 2 is 1.71 bits per heavy atom. The Hall–Kier alpha value is -2.10. The van der Waals surface area contributed by atoms with Crippen molar-refractivity contribution in [3.8, 4) is 0 Å². The molecule has 0 N–H and O–H groups in total. The van der Waals surface area contributed by atoms with E-state index in [0.717, 1.165) is 42.7 Å². The van der Waals surface area contributed by atoms with Crippen LogP contribution in [0, 0.1) is 5.82 Å². The molecule has 0 amide bonds. The Kier molecular flexibility index (Phi) is 6.58. The molecule has 1 aromatic carbocycles. The predicted molar refractivity (Wildman–Crippen MR) is 102 cm³/mol. The van der Waals surface area contributed by atoms with Crippen molar-refractivity contribution in [3.63, 3.8) is 0 Å². The van der Waals surface area contributed by atoms with Crippen LogP contribution in [-0.4, -0.2) is 44.2 Å². The maximum atomic E-state index is 12.9. The zero-order valence-corrected chi connectivity index (χ0v) is 16.7. The summed E-state index contributed by atoms with van der Waals surface area (Å²) in [6.45, 7) is 0.584. The third kappa shape index (κ3) is 5.03. The Labute approximate surface area is 167 Å². The van der Waals surface area contributed by atoms with Crippen molar-refractivity contribution >= 4 is 33.1 Å². The molecule has 0 unspecified atom stereocenters. The molecular weight excluding hydrogens is 405 g/mol. The number of sulfonamides is 1. The first kappa shape index (κ1) is 20.6. The molecule has 1 fully saturated rings. The molecule has 0 radical (unpaired) electrons. The van der Waals surface area contributed by atoms with Crippen LogP contribution in [0.4, 0.5) is 4.39 Å². The summed E-state index contributed by atoms with van der Waals surface area (Å²) in [5, 5.41) is 0. The number of benzene rings is 1. The van der Waals surface area contributed by atoms with Gasteiger partial charge in [0.15, 0.2) is 12.4 Å². The number of thiophene rings is 1. The third-order valence-electron chi connectivity index (χ3n) is 4.40. The molecule has 1 aromatic heterocycles. The molecule has 0 aliphatic carbocycles. The van der Waals surface area contributed by atoms with Gasteiger partial charge in [-0.25, -0.2) is 12.8 Å². The average molecular weight is 426 g/mol. The fraction of sp³-hybridized carbons (Fsp3) is 0.368. The smallest absolute Gasteiger partial charge is 0.311 e. The van der Waals surface area contributed by atoms with Crippen molar-refractivity contribution in [2.24, 2.45) is 0 Å². The lowest BCUT2D eigenvalue weighted by atomic mass is 10.1. The second-order valence-electron chi connectivity index (χ2n) is 6.45. The molecule has 2 heterocycles. The number of nitrogens with zero attached hydrogens (tertiary/aromatic N) is 1. The number of esters is 1. The highest BCUT2D eigenvalue weighted by Crippen LogP contribution is 2.27. The van der Waals surface area contributed by atoms with E-state index in [-0.39, 0.29) is 16.2 Å². The van der Waals surface area contributed by atoms with Crippen LogP contribution in [0.5, 0.6) is 0 Å². The lowest BCUT2D eigenvalue weighted by molar-refractivity contribution is -0.141. The van der Waals surface area contributed by atoms with Crippen molar-refractivity contribution in [1.29, 1.82) is 0 Å². The van der Waals surface area contributed by atoms with Crippen molar-refractivity contribution in [1.82, 2.24) is 4.31 Å². The fourth-order valence-electron chi connectivity index (χ4n) is 2.88. The van der Waals surface area contributed by atoms with E-state index >= 15 is 0 Å². The second-order valence-corrected chi connectivity index (χ2v) is 9.79. The van der Waals surface area contributed by atoms with E-state index in [4.69, 9.17) is 4.74 Å². The molecule has 1 aliphatic heterocycles. The summed E-state index contributed by atoms with van der Waals surface area (Å²) in [6.07, 6.45) is 2.62. The van der Waals surface area contributed by atoms with Gasteiger partial charge in [0.1, 0.15) is 10.0 Å². The standard InChI is InChI=1S/C19H20FNO5S2/c20-15-6-4-14(5-7-15)17(22)13-26-18(23)12-16-8-9-19(27-16)28(24,25)21-10-2-1-3-11-21/h4-9H,1-3,10-13H2. The number of hydrogen-bond donors (Lipinski definition) is 0. The molecule has 6 nitrogen and oxygen atoms in total. The maximum absolute atomic E-state index is 12.9. The number of Topliss-reactive ketones (excluding diaryl/α,β-unsaturated/α-hetero) is 1. The van der Waals surface area contributed by atoms with Gasteiger partial charge >= 0.3 is 5.97 Å². The van der Waals surface area contributed by atoms with Gasteiger partial charge in [-0.1, -0.05) is 6.42 Å². The largest absolute Gasteiger partial charge is 0.457 e. The topological polar surface area (TPSA) is 80.8 Å². The van der Waals surface area contributed by atoms with Crippen LogP contribution in [-0.2, 0) is 26.0 Å². The molecular formula is C19H20FNO5S2. The van der Waals surface area contributed by atoms with Gasteiger partial charge in [-0.2, -0.15) is 4.31 Å². The Balaban J connectivity index is 1.55. The monoisotopic (exact) mass is 425 g/mol. The summed E-state index contributed by atoms with van der Waals surface area (Å²) in [6, 6.07) is 8.05. The lowest BCUT2D eigenvalue weighted by Crippen LogP contribution is -2.35. The summed E-state index contributed by atoms with van der Waals surface area (Å²) in [5.41, 5.74) is 0.250. The summed E-state index contributed by atoms with van der Waals surface area (Å²) >= 11 is 1.04. The van der Waals surface area contributed by atoms with Gasteiger partial charge in [0.2, 0.25) is 0 Å². The average Bonchev–Trinajstić information content (AvgIpc) is 3.16. The minimum atomic E-state index is -3.53. The van der Waals surface area contributed by atoms with Crippen molar-refractivity contribution in [3.05, 3.63) is 52.7 Å². The van der Waals surface area contributed by atoms with Gasteiger partial charge in [-0.05, 0) is 49.2 Å². The number of rotatable bonds is 7. The van der Waals surface area contributed by atoms with Crippen LogP contribution in [0.25, 0.3) is 0 Å². The molecule has 0 saturated carbocycles. The highest BCUT2D eigenvalue weighted by Gasteiger charge is 2.27. The molecule has 1 saturated heterocycles. The van der Waals surface area contributed by atoms with Gasteiger partial charge in [-0.3, -0.25) is 9.59 Å². The molecule has 0 spiro atoms. The van der Waals surface area contributed by atoms with Crippen LogP contribution in [0.1, 0.15) is 34.5 Å². The number of piperidine rings is 1. The lowest BCUT2D eigenvalue weighted by Gasteiger charge is -2.25. The molecule has 0 bridgehead atoms. The number of carbonyl (C=O) groups excluding carboxylic acids is 2. The van der Waals surface area contributed by atoms with E-state index < -0.39 is 34.2 Å². The van der Waals surface area contributed by atoms with Gasteiger partial charge in [0.25, 0.3) is 10.0 Å². The zero-order chi connectivity index (χ0) is 20.1. The summed E-state index contributed by atoms with van der Waals surface area (Å²) < 4.78 is 44.8. The third-order valence-corrected chi connectivity index (χ3v) is 7.85. The van der Waals surface area contributed by atoms with Crippen molar-refractivity contribution in [2.75, 3.05) is 19.7 Å². The molecule has 9 heteroatoms. The number of carbonyl (C=O) groups is 2. The zero-order valence-electron chi connectivity index (χ0n) is 15.1. The van der Waals surface area contributed by atoms with E-state index in [1.807, 2.05) is 0 Å². The highest BCUT2D eigenvalue weighted by atomic mass is 32.2. The number of ketones is 1. The fourth-order valence-corrected chi connectivity index (χ4v) is 5.90. The van der Waals surface area contributed by atoms with Crippen LogP contribution < -0.4 is 0 Å². The summed E-state index contributed by atoms with van der Waals surface area (Å²) in [5.74, 6) is -1.52. The SMILES string of the molecule is O=C(Cc1ccc(S(=O)(=O)N2CCCCC2)s1)OCC(=O)c1ccc(F)cc1. The summed E-state index contributed by atoms with van der Waals surface area (Å²) in [4.78, 5) is 24.5. The van der Waals surface area contributed by atoms with Crippen LogP contribution in [0.3, 0.4) is 0 Å². The highest BCUT2D eigenvalue weighted by molar-refractivity contribution is 7.91. The minimum absolute atomic E-state index is 0.114. The molecule has 1 aliphatic rings. The van der Waals surface area contributed by atoms with Gasteiger partial charge in [-0.15, -0.1) is 11.3 Å². The van der Waals surface area contributed by atoms with E-state index in [0.29, 0.717) is 18.0 Å². The van der Waals surface area contributed by atoms with E-state index in [1.54, 1.807) is 6.07 Å². The first-order valence-corrected chi connectivity index (χ1v) is 11.2. The van der Waals surface area contributed by atoms with Gasteiger partial charge < -0.3 is 4.74 Å². The first-order chi connectivity index (χ1) is 13.4. The number of halogens is 1. The van der Waals surface area contributed by atoms with E-state index in [1.165, 1.54) is 22.5 Å². The summed E-state index contributed by atoms with van der Waals surface area (Å²) in [7, 11) is -3.53. The van der Waals surface area contributed by atoms with Gasteiger partial charge in [0.05, 0.1) is 6.42 Å². The van der Waals surface area contributed by atoms with Crippen LogP contribution in [0.2, 0.25) is 0 Å². The predicted octanol–water partition coefficient (Wildman–Crippen LogP) is 3.03. The quantitative estimate of drug-likeness (QED) is 0.503. The van der Waals surface area contributed by atoms with Crippen LogP contribution in [0.15, 0.2) is 40.6 Å². The number of ether oxygens (including phenoxy) is 1. The molecule has 2 aromatic rings. The molecule has 3 rings (SSSR count). The van der Waals surface area contributed by atoms with Crippen molar-refractivity contribution in [2.45, 2.75) is 29.9 Å². The first-order valence-electron chi connectivity index (χ1n) is 8.89. The minimum Gasteiger partial charge on any atom is -0.457 e. The number of hydrogen-bond acceptors (Lipinski definition) is 6. The normalized spacial score (nSPS) is 15.3. The van der Waals surface area contributed by atoms with Crippen molar-refractivity contribution < 1.29 is 27.1 Å². The maximum Gasteiger partial charge on any atom is 0.311 e. The van der Waals surface area contributed by atoms with Crippen LogP contribution >= 0.6 is 11.3 Å². The molecule has 150 valence electrons. The van der Waals surface area contributed by atoms with E-state index in [2.05, 4.69) is 0 Å². The van der Waals surface area contributed by atoms with E-state index in [9.17, 15) is 22.4 Å². The Bertz CT molecular complexity index is 947. The Morgan fingerprint density at radius 1 is 1.04 bits per heavy atom. The van der Waals surface area contributed by atoms with Gasteiger partial charge in [0, 0.05) is 23.5 Å². The second kappa shape index (κ2) is 8.93.